The molecule has 0 saturated carbocycles. The van der Waals surface area contributed by atoms with Gasteiger partial charge in [-0.15, -0.1) is 0 Å². The summed E-state index contributed by atoms with van der Waals surface area (Å²) in [6, 6.07) is 18.1. The van der Waals surface area contributed by atoms with Crippen molar-refractivity contribution >= 4 is 22.8 Å². The molecule has 0 unspecified atom stereocenters. The van der Waals surface area contributed by atoms with Gasteiger partial charge in [-0.3, -0.25) is 9.78 Å². The molecule has 4 rings (SSSR count). The highest BCUT2D eigenvalue weighted by atomic mass is 16.1. The molecule has 1 aromatic heterocycles. The first kappa shape index (κ1) is 13.9. The van der Waals surface area contributed by atoms with Crippen molar-refractivity contribution in [2.75, 3.05) is 0 Å². The summed E-state index contributed by atoms with van der Waals surface area (Å²) in [4.78, 5) is 17.7. The second kappa shape index (κ2) is 5.47. The third kappa shape index (κ3) is 2.36. The Hall–Kier alpha value is -2.74. The summed E-state index contributed by atoms with van der Waals surface area (Å²) in [5.74, 6) is 0.130. The lowest BCUT2D eigenvalue weighted by Gasteiger charge is -2.20. The molecule has 112 valence electrons. The smallest absolute Gasteiger partial charge is 0.191 e. The van der Waals surface area contributed by atoms with Crippen molar-refractivity contribution in [2.45, 2.75) is 19.8 Å². The molecule has 0 atom stereocenters. The first-order valence-corrected chi connectivity index (χ1v) is 7.92. The molecule has 3 aromatic rings. The standard InChI is InChI=1S/C21H17NO/c1-14-17-9-5-6-10-18(17)22-19-12-11-16(21(23)20(14)19)13-15-7-3-2-4-8-15/h2-10,13H,11-12H2,1H3/b16-13+. The normalized spacial score (nSPS) is 15.9. The van der Waals surface area contributed by atoms with E-state index in [0.717, 1.165) is 51.7 Å². The zero-order valence-corrected chi connectivity index (χ0v) is 13.0. The van der Waals surface area contributed by atoms with Gasteiger partial charge in [-0.25, -0.2) is 0 Å². The summed E-state index contributed by atoms with van der Waals surface area (Å²) >= 11 is 0. The summed E-state index contributed by atoms with van der Waals surface area (Å²) in [6.07, 6.45) is 3.59. The first-order chi connectivity index (χ1) is 11.2. The van der Waals surface area contributed by atoms with Crippen molar-refractivity contribution in [1.82, 2.24) is 4.98 Å². The molecule has 0 N–H and O–H groups in total. The fourth-order valence-corrected chi connectivity index (χ4v) is 3.34. The zero-order chi connectivity index (χ0) is 15.8. The lowest BCUT2D eigenvalue weighted by atomic mass is 9.85. The minimum Gasteiger partial charge on any atom is -0.289 e. The number of pyridine rings is 1. The average Bonchev–Trinajstić information content (AvgIpc) is 2.58. The second-order valence-electron chi connectivity index (χ2n) is 5.99. The second-order valence-corrected chi connectivity index (χ2v) is 5.99. The fourth-order valence-electron chi connectivity index (χ4n) is 3.34. The van der Waals surface area contributed by atoms with E-state index >= 15 is 0 Å². The number of ketones is 1. The van der Waals surface area contributed by atoms with Crippen LogP contribution in [0.3, 0.4) is 0 Å². The van der Waals surface area contributed by atoms with E-state index in [0.29, 0.717) is 0 Å². The van der Waals surface area contributed by atoms with Crippen LogP contribution in [0.15, 0.2) is 60.2 Å². The summed E-state index contributed by atoms with van der Waals surface area (Å²) in [5.41, 5.74) is 5.73. The van der Waals surface area contributed by atoms with E-state index in [2.05, 4.69) is 0 Å². The van der Waals surface area contributed by atoms with Crippen LogP contribution in [-0.4, -0.2) is 10.8 Å². The Morgan fingerprint density at radius 2 is 1.70 bits per heavy atom. The molecule has 0 spiro atoms. The SMILES string of the molecule is Cc1c2c(nc3ccccc13)CC/C(=C\c1ccccc1)C2=O. The summed E-state index contributed by atoms with van der Waals surface area (Å²) in [7, 11) is 0. The van der Waals surface area contributed by atoms with Crippen LogP contribution in [-0.2, 0) is 6.42 Å². The number of hydrogen-bond acceptors (Lipinski definition) is 2. The molecule has 0 bridgehead atoms. The molecule has 23 heavy (non-hydrogen) atoms. The molecule has 1 aliphatic carbocycles. The first-order valence-electron chi connectivity index (χ1n) is 7.92. The van der Waals surface area contributed by atoms with Gasteiger partial charge >= 0.3 is 0 Å². The summed E-state index contributed by atoms with van der Waals surface area (Å²) in [5, 5.41) is 1.07. The number of aryl methyl sites for hydroxylation is 2. The number of aromatic nitrogens is 1. The van der Waals surface area contributed by atoms with Gasteiger partial charge in [-0.05, 0) is 43.0 Å². The molecular formula is C21H17NO. The van der Waals surface area contributed by atoms with Crippen molar-refractivity contribution in [1.29, 1.82) is 0 Å². The number of fused-ring (bicyclic) bond motifs is 2. The fraction of sp³-hybridized carbons (Fsp3) is 0.143. The minimum absolute atomic E-state index is 0.130. The lowest BCUT2D eigenvalue weighted by Crippen LogP contribution is -2.17. The highest BCUT2D eigenvalue weighted by Gasteiger charge is 2.26. The van der Waals surface area contributed by atoms with Gasteiger partial charge in [-0.1, -0.05) is 48.5 Å². The van der Waals surface area contributed by atoms with Crippen molar-refractivity contribution < 1.29 is 4.79 Å². The van der Waals surface area contributed by atoms with E-state index in [9.17, 15) is 4.79 Å². The van der Waals surface area contributed by atoms with Crippen LogP contribution in [0.4, 0.5) is 0 Å². The average molecular weight is 299 g/mol. The maximum atomic E-state index is 13.0. The summed E-state index contributed by atoms with van der Waals surface area (Å²) in [6.45, 7) is 2.03. The van der Waals surface area contributed by atoms with Gasteiger partial charge in [0.2, 0.25) is 0 Å². The van der Waals surface area contributed by atoms with Gasteiger partial charge < -0.3 is 0 Å². The van der Waals surface area contributed by atoms with Crippen molar-refractivity contribution in [3.05, 3.63) is 82.6 Å². The van der Waals surface area contributed by atoms with E-state index in [1.54, 1.807) is 0 Å². The molecule has 0 aliphatic heterocycles. The number of hydrogen-bond donors (Lipinski definition) is 0. The lowest BCUT2D eigenvalue weighted by molar-refractivity contribution is 0.102. The number of Topliss-reactive ketones (excluding diaryl/α,β-unsaturated/α-hetero) is 1. The Morgan fingerprint density at radius 1 is 0.957 bits per heavy atom. The largest absolute Gasteiger partial charge is 0.289 e. The van der Waals surface area contributed by atoms with E-state index in [4.69, 9.17) is 4.98 Å². The molecule has 1 aliphatic rings. The Balaban J connectivity index is 1.85. The van der Waals surface area contributed by atoms with E-state index in [1.807, 2.05) is 67.6 Å². The Bertz CT molecular complexity index is 939. The van der Waals surface area contributed by atoms with Crippen molar-refractivity contribution in [2.24, 2.45) is 0 Å². The monoisotopic (exact) mass is 299 g/mol. The molecular weight excluding hydrogens is 282 g/mol. The number of rotatable bonds is 1. The number of nitrogens with zero attached hydrogens (tertiary/aromatic N) is 1. The minimum atomic E-state index is 0.130. The van der Waals surface area contributed by atoms with Crippen molar-refractivity contribution in [3.8, 4) is 0 Å². The maximum absolute atomic E-state index is 13.0. The molecule has 1 heterocycles. The number of benzene rings is 2. The van der Waals surface area contributed by atoms with Gasteiger partial charge in [0.1, 0.15) is 0 Å². The van der Waals surface area contributed by atoms with Crippen LogP contribution in [0, 0.1) is 6.92 Å². The Labute approximate surface area is 135 Å². The number of carbonyl (C=O) groups is 1. The Morgan fingerprint density at radius 3 is 2.52 bits per heavy atom. The molecule has 2 heteroatoms. The predicted molar refractivity (Wildman–Crippen MR) is 93.6 cm³/mol. The third-order valence-electron chi connectivity index (χ3n) is 4.52. The molecule has 0 saturated heterocycles. The van der Waals surface area contributed by atoms with Gasteiger partial charge in [0.15, 0.2) is 5.78 Å². The van der Waals surface area contributed by atoms with Gasteiger partial charge in [0.05, 0.1) is 11.2 Å². The topological polar surface area (TPSA) is 30.0 Å². The van der Waals surface area contributed by atoms with E-state index < -0.39 is 0 Å². The quantitative estimate of drug-likeness (QED) is 0.607. The highest BCUT2D eigenvalue weighted by molar-refractivity contribution is 6.15. The van der Waals surface area contributed by atoms with Crippen LogP contribution >= 0.6 is 0 Å². The molecule has 0 amide bonds. The molecule has 0 fully saturated rings. The number of carbonyl (C=O) groups excluding carboxylic acids is 1. The molecule has 2 aromatic carbocycles. The van der Waals surface area contributed by atoms with E-state index in [1.165, 1.54) is 0 Å². The number of para-hydroxylation sites is 1. The summed E-state index contributed by atoms with van der Waals surface area (Å²) < 4.78 is 0. The third-order valence-corrected chi connectivity index (χ3v) is 4.52. The predicted octanol–water partition coefficient (Wildman–Crippen LogP) is 4.76. The van der Waals surface area contributed by atoms with Crippen LogP contribution in [0.25, 0.3) is 17.0 Å². The maximum Gasteiger partial charge on any atom is 0.191 e. The van der Waals surface area contributed by atoms with Gasteiger partial charge in [0, 0.05) is 16.5 Å². The highest BCUT2D eigenvalue weighted by Crippen LogP contribution is 2.31. The van der Waals surface area contributed by atoms with Crippen LogP contribution in [0.5, 0.6) is 0 Å². The zero-order valence-electron chi connectivity index (χ0n) is 13.0. The van der Waals surface area contributed by atoms with Crippen LogP contribution in [0.2, 0.25) is 0 Å². The van der Waals surface area contributed by atoms with Crippen LogP contribution < -0.4 is 0 Å². The van der Waals surface area contributed by atoms with E-state index in [-0.39, 0.29) is 5.78 Å². The van der Waals surface area contributed by atoms with Crippen molar-refractivity contribution in [3.63, 3.8) is 0 Å². The Kier molecular flexibility index (Phi) is 3.30. The molecule has 0 radical (unpaired) electrons. The van der Waals surface area contributed by atoms with Gasteiger partial charge in [-0.2, -0.15) is 0 Å². The molecule has 2 nitrogen and oxygen atoms in total. The van der Waals surface area contributed by atoms with Crippen LogP contribution in [0.1, 0.15) is 33.6 Å². The number of allylic oxidation sites excluding steroid dienone is 1. The van der Waals surface area contributed by atoms with Gasteiger partial charge in [0.25, 0.3) is 0 Å².